The molecule has 19 heavy (non-hydrogen) atoms. The minimum Gasteiger partial charge on any atom is -0.496 e. The summed E-state index contributed by atoms with van der Waals surface area (Å²) < 4.78 is 7.26. The summed E-state index contributed by atoms with van der Waals surface area (Å²) in [6.45, 7) is 3.99. The summed E-state index contributed by atoms with van der Waals surface area (Å²) in [5.74, 6) is -0.320. The molecule has 0 bridgehead atoms. The molecule has 1 heterocycles. The summed E-state index contributed by atoms with van der Waals surface area (Å²) >= 11 is 0. The molecule has 0 radical (unpaired) electrons. The zero-order valence-corrected chi connectivity index (χ0v) is 11.3. The average molecular weight is 262 g/mol. The van der Waals surface area contributed by atoms with Gasteiger partial charge in [0.2, 0.25) is 0 Å². The monoisotopic (exact) mass is 262 g/mol. The van der Waals surface area contributed by atoms with Crippen LogP contribution in [-0.2, 0) is 4.79 Å². The minimum absolute atomic E-state index is 0.116. The Morgan fingerprint density at radius 3 is 2.63 bits per heavy atom. The number of nitrogens with zero attached hydrogens (tertiary/aromatic N) is 1. The largest absolute Gasteiger partial charge is 0.496 e. The van der Waals surface area contributed by atoms with Crippen molar-refractivity contribution in [3.8, 4) is 5.75 Å². The standard InChI is InChI=1S/C14H18N2O3/c1-8(2)16-10-5-4-6-12(19-3)9(10)7-11(16)13(15)14(17)18/h4-8,13H,15H2,1-3H3,(H,17,18). The maximum absolute atomic E-state index is 11.1. The van der Waals surface area contributed by atoms with Crippen molar-refractivity contribution >= 4 is 16.9 Å². The molecule has 0 amide bonds. The number of rotatable bonds is 4. The lowest BCUT2D eigenvalue weighted by Crippen LogP contribution is -2.24. The van der Waals surface area contributed by atoms with Crippen LogP contribution in [0.1, 0.15) is 31.6 Å². The highest BCUT2D eigenvalue weighted by atomic mass is 16.5. The van der Waals surface area contributed by atoms with Gasteiger partial charge in [0, 0.05) is 17.1 Å². The fourth-order valence-electron chi connectivity index (χ4n) is 2.36. The van der Waals surface area contributed by atoms with Gasteiger partial charge in [-0.2, -0.15) is 0 Å². The number of carboxylic acid groups (broad SMARTS) is 1. The van der Waals surface area contributed by atoms with E-state index in [1.54, 1.807) is 13.2 Å². The van der Waals surface area contributed by atoms with Crippen LogP contribution in [0.4, 0.5) is 0 Å². The molecule has 1 unspecified atom stereocenters. The van der Waals surface area contributed by atoms with Gasteiger partial charge in [0.05, 0.1) is 12.6 Å². The van der Waals surface area contributed by atoms with Gasteiger partial charge in [-0.05, 0) is 32.0 Å². The van der Waals surface area contributed by atoms with Gasteiger partial charge in [0.15, 0.2) is 0 Å². The number of hydrogen-bond donors (Lipinski definition) is 2. The van der Waals surface area contributed by atoms with Crippen molar-refractivity contribution in [2.75, 3.05) is 7.11 Å². The molecule has 1 atom stereocenters. The molecule has 2 aromatic rings. The van der Waals surface area contributed by atoms with E-state index in [1.807, 2.05) is 36.6 Å². The number of methoxy groups -OCH3 is 1. The third-order valence-corrected chi connectivity index (χ3v) is 3.19. The number of nitrogens with two attached hydrogens (primary N) is 1. The predicted molar refractivity (Wildman–Crippen MR) is 73.4 cm³/mol. The lowest BCUT2D eigenvalue weighted by molar-refractivity contribution is -0.138. The average Bonchev–Trinajstić information content (AvgIpc) is 2.76. The van der Waals surface area contributed by atoms with E-state index < -0.39 is 12.0 Å². The molecule has 0 aliphatic heterocycles. The first-order valence-corrected chi connectivity index (χ1v) is 6.13. The molecular weight excluding hydrogens is 244 g/mol. The van der Waals surface area contributed by atoms with Crippen LogP contribution >= 0.6 is 0 Å². The second-order valence-electron chi connectivity index (χ2n) is 4.74. The Morgan fingerprint density at radius 2 is 2.11 bits per heavy atom. The number of aliphatic carboxylic acids is 1. The number of carboxylic acids is 1. The van der Waals surface area contributed by atoms with Crippen LogP contribution in [0.5, 0.6) is 5.75 Å². The summed E-state index contributed by atoms with van der Waals surface area (Å²) in [6, 6.07) is 6.55. The van der Waals surface area contributed by atoms with Crippen molar-refractivity contribution < 1.29 is 14.6 Å². The van der Waals surface area contributed by atoms with Crippen molar-refractivity contribution in [3.05, 3.63) is 30.0 Å². The van der Waals surface area contributed by atoms with E-state index in [0.717, 1.165) is 16.7 Å². The van der Waals surface area contributed by atoms with Gasteiger partial charge in [-0.1, -0.05) is 6.07 Å². The van der Waals surface area contributed by atoms with Gasteiger partial charge in [0.1, 0.15) is 11.8 Å². The van der Waals surface area contributed by atoms with Gasteiger partial charge in [-0.25, -0.2) is 0 Å². The van der Waals surface area contributed by atoms with Crippen LogP contribution in [0.3, 0.4) is 0 Å². The SMILES string of the molecule is COc1cccc2c1cc(C(N)C(=O)O)n2C(C)C. The highest BCUT2D eigenvalue weighted by Crippen LogP contribution is 2.33. The topological polar surface area (TPSA) is 77.5 Å². The van der Waals surface area contributed by atoms with Crippen molar-refractivity contribution in [2.24, 2.45) is 5.73 Å². The molecule has 3 N–H and O–H groups in total. The molecule has 0 saturated carbocycles. The molecular formula is C14H18N2O3. The quantitative estimate of drug-likeness (QED) is 0.886. The first-order valence-electron chi connectivity index (χ1n) is 6.13. The highest BCUT2D eigenvalue weighted by molar-refractivity contribution is 5.89. The molecule has 0 aliphatic rings. The Bertz CT molecular complexity index is 616. The fraction of sp³-hybridized carbons (Fsp3) is 0.357. The summed E-state index contributed by atoms with van der Waals surface area (Å²) in [7, 11) is 1.60. The van der Waals surface area contributed by atoms with Crippen molar-refractivity contribution in [3.63, 3.8) is 0 Å². The fourth-order valence-corrected chi connectivity index (χ4v) is 2.36. The molecule has 0 spiro atoms. The lowest BCUT2D eigenvalue weighted by atomic mass is 10.2. The number of hydrogen-bond acceptors (Lipinski definition) is 3. The van der Waals surface area contributed by atoms with E-state index in [4.69, 9.17) is 15.6 Å². The number of benzene rings is 1. The molecule has 5 nitrogen and oxygen atoms in total. The van der Waals surface area contributed by atoms with Crippen LogP contribution in [0.2, 0.25) is 0 Å². The Morgan fingerprint density at radius 1 is 1.42 bits per heavy atom. The third kappa shape index (κ3) is 2.17. The maximum Gasteiger partial charge on any atom is 0.326 e. The molecule has 2 rings (SSSR count). The van der Waals surface area contributed by atoms with E-state index in [9.17, 15) is 4.79 Å². The van der Waals surface area contributed by atoms with Crippen LogP contribution in [0.15, 0.2) is 24.3 Å². The van der Waals surface area contributed by atoms with Gasteiger partial charge < -0.3 is 20.1 Å². The highest BCUT2D eigenvalue weighted by Gasteiger charge is 2.23. The molecule has 0 aliphatic carbocycles. The number of carbonyl (C=O) groups is 1. The van der Waals surface area contributed by atoms with Gasteiger partial charge >= 0.3 is 5.97 Å². The van der Waals surface area contributed by atoms with Crippen LogP contribution in [0, 0.1) is 0 Å². The van der Waals surface area contributed by atoms with Gasteiger partial charge in [0.25, 0.3) is 0 Å². The Balaban J connectivity index is 2.76. The van der Waals surface area contributed by atoms with Gasteiger partial charge in [-0.3, -0.25) is 4.79 Å². The van der Waals surface area contributed by atoms with Crippen molar-refractivity contribution in [2.45, 2.75) is 25.9 Å². The molecule has 1 aromatic heterocycles. The molecule has 0 saturated heterocycles. The summed E-state index contributed by atoms with van der Waals surface area (Å²) in [6.07, 6.45) is 0. The van der Waals surface area contributed by atoms with Crippen LogP contribution in [-0.4, -0.2) is 22.8 Å². The van der Waals surface area contributed by atoms with E-state index in [2.05, 4.69) is 0 Å². The molecule has 102 valence electrons. The van der Waals surface area contributed by atoms with E-state index in [0.29, 0.717) is 5.69 Å². The number of ether oxygens (including phenoxy) is 1. The van der Waals surface area contributed by atoms with E-state index in [-0.39, 0.29) is 6.04 Å². The van der Waals surface area contributed by atoms with Crippen LogP contribution in [0.25, 0.3) is 10.9 Å². The second kappa shape index (κ2) is 4.93. The maximum atomic E-state index is 11.1. The van der Waals surface area contributed by atoms with Crippen molar-refractivity contribution in [1.29, 1.82) is 0 Å². The zero-order chi connectivity index (χ0) is 14.2. The normalized spacial score (nSPS) is 12.9. The third-order valence-electron chi connectivity index (χ3n) is 3.19. The Hall–Kier alpha value is -2.01. The summed E-state index contributed by atoms with van der Waals surface area (Å²) in [5.41, 5.74) is 7.29. The predicted octanol–water partition coefficient (Wildman–Crippen LogP) is 2.32. The zero-order valence-electron chi connectivity index (χ0n) is 11.3. The number of fused-ring (bicyclic) bond motifs is 1. The smallest absolute Gasteiger partial charge is 0.326 e. The number of aromatic nitrogens is 1. The minimum atomic E-state index is -1.04. The molecule has 5 heteroatoms. The second-order valence-corrected chi connectivity index (χ2v) is 4.74. The first kappa shape index (κ1) is 13.4. The summed E-state index contributed by atoms with van der Waals surface area (Å²) in [5, 5.41) is 10.0. The molecule has 0 fully saturated rings. The van der Waals surface area contributed by atoms with Crippen LogP contribution < -0.4 is 10.5 Å². The molecule has 1 aromatic carbocycles. The van der Waals surface area contributed by atoms with E-state index in [1.165, 1.54) is 0 Å². The Labute approximate surface area is 111 Å². The lowest BCUT2D eigenvalue weighted by Gasteiger charge is -2.17. The van der Waals surface area contributed by atoms with Gasteiger partial charge in [-0.15, -0.1) is 0 Å². The van der Waals surface area contributed by atoms with Crippen molar-refractivity contribution in [1.82, 2.24) is 4.57 Å². The Kier molecular flexibility index (Phi) is 3.48. The summed E-state index contributed by atoms with van der Waals surface area (Å²) in [4.78, 5) is 11.1. The first-order chi connectivity index (χ1) is 8.97. The van der Waals surface area contributed by atoms with E-state index >= 15 is 0 Å².